The largest absolute Gasteiger partial charge is 0.320 e. The van der Waals surface area contributed by atoms with E-state index in [4.69, 9.17) is 0 Å². The summed E-state index contributed by atoms with van der Waals surface area (Å²) in [6.45, 7) is 3.99. The van der Waals surface area contributed by atoms with E-state index in [9.17, 15) is 9.18 Å². The third-order valence-electron chi connectivity index (χ3n) is 5.08. The van der Waals surface area contributed by atoms with Crippen LogP contribution >= 0.6 is 0 Å². The van der Waals surface area contributed by atoms with Gasteiger partial charge in [0, 0.05) is 16.9 Å². The monoisotopic (exact) mass is 349 g/mol. The van der Waals surface area contributed by atoms with Crippen LogP contribution in [0.1, 0.15) is 39.3 Å². The number of carbonyl (C=O) groups is 1. The Morgan fingerprint density at radius 3 is 2.73 bits per heavy atom. The smallest absolute Gasteiger partial charge is 0.276 e. The highest BCUT2D eigenvalue weighted by Gasteiger charge is 2.28. The minimum atomic E-state index is -0.341. The highest BCUT2D eigenvalue weighted by Crippen LogP contribution is 2.29. The molecule has 0 aliphatic heterocycles. The summed E-state index contributed by atoms with van der Waals surface area (Å²) in [5.74, 6) is -0.585. The van der Waals surface area contributed by atoms with Crippen LogP contribution in [-0.2, 0) is 12.8 Å². The molecule has 0 saturated carbocycles. The fourth-order valence-corrected chi connectivity index (χ4v) is 3.51. The fourth-order valence-electron chi connectivity index (χ4n) is 3.51. The molecule has 4 rings (SSSR count). The van der Waals surface area contributed by atoms with Crippen LogP contribution in [0.2, 0.25) is 0 Å². The first-order chi connectivity index (χ1) is 12.6. The topological polar surface area (TPSA) is 46.9 Å². The van der Waals surface area contributed by atoms with Crippen LogP contribution in [0.3, 0.4) is 0 Å². The number of benzene rings is 2. The Bertz CT molecular complexity index is 1010. The van der Waals surface area contributed by atoms with Crippen molar-refractivity contribution in [3.63, 3.8) is 0 Å². The Balaban J connectivity index is 1.74. The summed E-state index contributed by atoms with van der Waals surface area (Å²) in [6, 6.07) is 12.3. The van der Waals surface area contributed by atoms with Crippen molar-refractivity contribution >= 4 is 11.6 Å². The van der Waals surface area contributed by atoms with Gasteiger partial charge in [0.25, 0.3) is 5.91 Å². The second kappa shape index (κ2) is 6.41. The van der Waals surface area contributed by atoms with E-state index in [1.54, 1.807) is 22.9 Å². The number of nitrogens with one attached hydrogen (secondary N) is 1. The SMILES string of the molecule is Cc1cccc(NC(=O)c2nn(-c3ccccc3F)c3c2CCC3)c1C. The molecule has 0 saturated heterocycles. The van der Waals surface area contributed by atoms with Gasteiger partial charge in [-0.05, 0) is 62.4 Å². The van der Waals surface area contributed by atoms with E-state index in [-0.39, 0.29) is 11.7 Å². The Morgan fingerprint density at radius 1 is 1.12 bits per heavy atom. The number of rotatable bonds is 3. The number of hydrogen-bond acceptors (Lipinski definition) is 2. The van der Waals surface area contributed by atoms with E-state index in [0.717, 1.165) is 47.3 Å². The number of halogens is 1. The van der Waals surface area contributed by atoms with Gasteiger partial charge >= 0.3 is 0 Å². The second-order valence-corrected chi connectivity index (χ2v) is 6.69. The molecule has 0 radical (unpaired) electrons. The number of hydrogen-bond donors (Lipinski definition) is 1. The number of fused-ring (bicyclic) bond motifs is 1. The fraction of sp³-hybridized carbons (Fsp3) is 0.238. The van der Waals surface area contributed by atoms with Crippen molar-refractivity contribution < 1.29 is 9.18 Å². The molecule has 1 aliphatic rings. The molecule has 1 amide bonds. The summed E-state index contributed by atoms with van der Waals surface area (Å²) >= 11 is 0. The average Bonchev–Trinajstić information content (AvgIpc) is 3.22. The predicted octanol–water partition coefficient (Wildman–Crippen LogP) is 4.37. The van der Waals surface area contributed by atoms with Gasteiger partial charge in [0.15, 0.2) is 5.69 Å². The van der Waals surface area contributed by atoms with Gasteiger partial charge in [-0.25, -0.2) is 9.07 Å². The number of nitrogens with zero attached hydrogens (tertiary/aromatic N) is 2. The molecule has 1 aromatic heterocycles. The average molecular weight is 349 g/mol. The summed E-state index contributed by atoms with van der Waals surface area (Å²) < 4.78 is 15.8. The minimum absolute atomic E-state index is 0.244. The van der Waals surface area contributed by atoms with Gasteiger partial charge < -0.3 is 5.32 Å². The minimum Gasteiger partial charge on any atom is -0.320 e. The summed E-state index contributed by atoms with van der Waals surface area (Å²) in [5.41, 5.74) is 5.56. The van der Waals surface area contributed by atoms with Crippen molar-refractivity contribution in [1.29, 1.82) is 0 Å². The molecular formula is C21H20FN3O. The molecule has 0 spiro atoms. The molecule has 4 nitrogen and oxygen atoms in total. The number of amides is 1. The molecule has 0 bridgehead atoms. The Labute approximate surface area is 151 Å². The molecule has 5 heteroatoms. The summed E-state index contributed by atoms with van der Waals surface area (Å²) in [4.78, 5) is 12.9. The normalized spacial score (nSPS) is 12.9. The lowest BCUT2D eigenvalue weighted by Gasteiger charge is -2.10. The number of aromatic nitrogens is 2. The van der Waals surface area contributed by atoms with Gasteiger partial charge in [-0.1, -0.05) is 24.3 Å². The van der Waals surface area contributed by atoms with Crippen LogP contribution in [-0.4, -0.2) is 15.7 Å². The molecule has 3 aromatic rings. The lowest BCUT2D eigenvalue weighted by atomic mass is 10.1. The van der Waals surface area contributed by atoms with Crippen LogP contribution in [0.15, 0.2) is 42.5 Å². The maximum absolute atomic E-state index is 14.2. The second-order valence-electron chi connectivity index (χ2n) is 6.69. The first-order valence-electron chi connectivity index (χ1n) is 8.79. The van der Waals surface area contributed by atoms with Crippen molar-refractivity contribution in [1.82, 2.24) is 9.78 Å². The molecule has 132 valence electrons. The third kappa shape index (κ3) is 2.69. The van der Waals surface area contributed by atoms with E-state index < -0.39 is 0 Å². The van der Waals surface area contributed by atoms with E-state index in [1.807, 2.05) is 32.0 Å². The zero-order valence-electron chi connectivity index (χ0n) is 14.8. The van der Waals surface area contributed by atoms with Crippen LogP contribution in [0.5, 0.6) is 0 Å². The van der Waals surface area contributed by atoms with Crippen LogP contribution in [0.25, 0.3) is 5.69 Å². The van der Waals surface area contributed by atoms with Crippen molar-refractivity contribution in [3.05, 3.63) is 76.4 Å². The Kier molecular flexibility index (Phi) is 4.07. The van der Waals surface area contributed by atoms with Gasteiger partial charge in [-0.2, -0.15) is 5.10 Å². The first kappa shape index (κ1) is 16.5. The highest BCUT2D eigenvalue weighted by atomic mass is 19.1. The Hall–Kier alpha value is -2.95. The molecular weight excluding hydrogens is 329 g/mol. The number of carbonyl (C=O) groups excluding carboxylic acids is 1. The molecule has 0 unspecified atom stereocenters. The number of anilines is 1. The summed E-state index contributed by atoms with van der Waals surface area (Å²) in [7, 11) is 0. The van der Waals surface area contributed by atoms with Gasteiger partial charge in [0.1, 0.15) is 11.5 Å². The molecule has 0 atom stereocenters. The number of para-hydroxylation sites is 1. The molecule has 1 heterocycles. The van der Waals surface area contributed by atoms with Crippen LogP contribution in [0.4, 0.5) is 10.1 Å². The van der Waals surface area contributed by atoms with E-state index in [1.165, 1.54) is 6.07 Å². The molecule has 2 aromatic carbocycles. The van der Waals surface area contributed by atoms with Gasteiger partial charge in [0.2, 0.25) is 0 Å². The molecule has 26 heavy (non-hydrogen) atoms. The van der Waals surface area contributed by atoms with Crippen LogP contribution in [0, 0.1) is 19.7 Å². The maximum atomic E-state index is 14.2. The molecule has 1 aliphatic carbocycles. The van der Waals surface area contributed by atoms with Gasteiger partial charge in [0.05, 0.1) is 0 Å². The van der Waals surface area contributed by atoms with Crippen molar-refractivity contribution in [2.24, 2.45) is 0 Å². The predicted molar refractivity (Wildman–Crippen MR) is 99.4 cm³/mol. The van der Waals surface area contributed by atoms with Crippen molar-refractivity contribution in [2.75, 3.05) is 5.32 Å². The lowest BCUT2D eigenvalue weighted by molar-refractivity contribution is 0.102. The highest BCUT2D eigenvalue weighted by molar-refractivity contribution is 6.04. The van der Waals surface area contributed by atoms with Gasteiger partial charge in [-0.15, -0.1) is 0 Å². The van der Waals surface area contributed by atoms with E-state index in [2.05, 4.69) is 10.4 Å². The lowest BCUT2D eigenvalue weighted by Crippen LogP contribution is -2.16. The zero-order chi connectivity index (χ0) is 18.3. The Morgan fingerprint density at radius 2 is 1.92 bits per heavy atom. The zero-order valence-corrected chi connectivity index (χ0v) is 14.8. The first-order valence-corrected chi connectivity index (χ1v) is 8.79. The summed E-state index contributed by atoms with van der Waals surface area (Å²) in [5, 5.41) is 7.44. The standard InChI is InChI=1S/C21H20FN3O/c1-13-7-5-10-17(14(13)2)23-21(26)20-15-8-6-12-18(15)25(24-20)19-11-4-3-9-16(19)22/h3-5,7,9-11H,6,8,12H2,1-2H3,(H,23,26). The molecule has 0 fully saturated rings. The summed E-state index contributed by atoms with van der Waals surface area (Å²) in [6.07, 6.45) is 2.54. The van der Waals surface area contributed by atoms with Crippen molar-refractivity contribution in [2.45, 2.75) is 33.1 Å². The van der Waals surface area contributed by atoms with Crippen LogP contribution < -0.4 is 5.32 Å². The molecule has 1 N–H and O–H groups in total. The van der Waals surface area contributed by atoms with Crippen molar-refractivity contribution in [3.8, 4) is 5.69 Å². The van der Waals surface area contributed by atoms with E-state index >= 15 is 0 Å². The quantitative estimate of drug-likeness (QED) is 0.763. The number of aryl methyl sites for hydroxylation is 1. The van der Waals surface area contributed by atoms with Gasteiger partial charge in [-0.3, -0.25) is 4.79 Å². The third-order valence-corrected chi connectivity index (χ3v) is 5.08. The van der Waals surface area contributed by atoms with E-state index in [0.29, 0.717) is 11.4 Å². The maximum Gasteiger partial charge on any atom is 0.276 e.